The van der Waals surface area contributed by atoms with Crippen LogP contribution < -0.4 is 0 Å². The molecule has 0 unspecified atom stereocenters. The molecule has 0 spiro atoms. The first-order chi connectivity index (χ1) is 4.68. The molecule has 0 aromatic rings. The fourth-order valence-corrected chi connectivity index (χ4v) is 0.401. The molecule has 0 aliphatic heterocycles. The molecule has 0 aromatic heterocycles. The standard InChI is InChI=1S/C7H14O3/c1-3-10-6-7(2,4-8)5-9/h3,8-9H,1,4-6H2,2H3. The summed E-state index contributed by atoms with van der Waals surface area (Å²) >= 11 is 0. The lowest BCUT2D eigenvalue weighted by Gasteiger charge is -2.22. The summed E-state index contributed by atoms with van der Waals surface area (Å²) < 4.78 is 4.82. The minimum absolute atomic E-state index is 0.0860. The molecule has 0 fully saturated rings. The molecule has 10 heavy (non-hydrogen) atoms. The Morgan fingerprint density at radius 3 is 2.30 bits per heavy atom. The van der Waals surface area contributed by atoms with Crippen LogP contribution in [0.3, 0.4) is 0 Å². The number of rotatable bonds is 5. The van der Waals surface area contributed by atoms with Crippen molar-refractivity contribution in [2.45, 2.75) is 6.92 Å². The van der Waals surface area contributed by atoms with E-state index in [9.17, 15) is 0 Å². The van der Waals surface area contributed by atoms with E-state index in [1.165, 1.54) is 6.26 Å². The molecule has 0 saturated carbocycles. The summed E-state index contributed by atoms with van der Waals surface area (Å²) in [5.41, 5.74) is -0.547. The summed E-state index contributed by atoms with van der Waals surface area (Å²) in [6.07, 6.45) is 1.30. The molecule has 60 valence electrons. The molecular weight excluding hydrogens is 132 g/mol. The van der Waals surface area contributed by atoms with Crippen LogP contribution in [0.25, 0.3) is 0 Å². The van der Waals surface area contributed by atoms with Crippen molar-refractivity contribution in [1.29, 1.82) is 0 Å². The molecule has 3 nitrogen and oxygen atoms in total. The first-order valence-corrected chi connectivity index (χ1v) is 3.13. The second-order valence-corrected chi connectivity index (χ2v) is 2.60. The molecule has 0 aliphatic rings. The lowest BCUT2D eigenvalue weighted by molar-refractivity contribution is 0.0141. The Morgan fingerprint density at radius 1 is 1.50 bits per heavy atom. The Bertz CT molecular complexity index is 97.0. The van der Waals surface area contributed by atoms with Gasteiger partial charge in [0.1, 0.15) is 0 Å². The molecule has 0 heterocycles. The topological polar surface area (TPSA) is 49.7 Å². The predicted octanol–water partition coefficient (Wildman–Crippen LogP) is 0.137. The van der Waals surface area contributed by atoms with Gasteiger partial charge in [0, 0.05) is 5.41 Å². The van der Waals surface area contributed by atoms with Gasteiger partial charge in [0.05, 0.1) is 26.1 Å². The van der Waals surface area contributed by atoms with Crippen LogP contribution in [0.1, 0.15) is 6.92 Å². The maximum atomic E-state index is 8.74. The molecule has 0 aliphatic carbocycles. The third kappa shape index (κ3) is 2.85. The molecule has 0 atom stereocenters. The van der Waals surface area contributed by atoms with Crippen molar-refractivity contribution >= 4 is 0 Å². The molecule has 0 bridgehead atoms. The van der Waals surface area contributed by atoms with Crippen LogP contribution in [0.2, 0.25) is 0 Å². The smallest absolute Gasteiger partial charge is 0.0970 e. The lowest BCUT2D eigenvalue weighted by Crippen LogP contribution is -2.30. The van der Waals surface area contributed by atoms with Gasteiger partial charge in [-0.25, -0.2) is 0 Å². The number of aliphatic hydroxyl groups is 2. The normalized spacial score (nSPS) is 11.1. The highest BCUT2D eigenvalue weighted by Gasteiger charge is 2.22. The zero-order chi connectivity index (χ0) is 8.04. The zero-order valence-electron chi connectivity index (χ0n) is 6.21. The number of hydrogen-bond acceptors (Lipinski definition) is 3. The second kappa shape index (κ2) is 4.30. The monoisotopic (exact) mass is 146 g/mol. The minimum atomic E-state index is -0.547. The highest BCUT2D eigenvalue weighted by Crippen LogP contribution is 2.13. The first-order valence-electron chi connectivity index (χ1n) is 3.13. The van der Waals surface area contributed by atoms with E-state index in [1.807, 2.05) is 0 Å². The maximum Gasteiger partial charge on any atom is 0.0970 e. The molecule has 2 N–H and O–H groups in total. The van der Waals surface area contributed by atoms with Crippen molar-refractivity contribution in [1.82, 2.24) is 0 Å². The van der Waals surface area contributed by atoms with E-state index in [-0.39, 0.29) is 13.2 Å². The van der Waals surface area contributed by atoms with Gasteiger partial charge in [-0.15, -0.1) is 0 Å². The Balaban J connectivity index is 3.68. The van der Waals surface area contributed by atoms with Crippen LogP contribution in [0, 0.1) is 5.41 Å². The average molecular weight is 146 g/mol. The van der Waals surface area contributed by atoms with Crippen molar-refractivity contribution < 1.29 is 14.9 Å². The van der Waals surface area contributed by atoms with Gasteiger partial charge < -0.3 is 14.9 Å². The summed E-state index contributed by atoms with van der Waals surface area (Å²) in [5, 5.41) is 17.5. The van der Waals surface area contributed by atoms with Crippen LogP contribution in [-0.4, -0.2) is 30.0 Å². The van der Waals surface area contributed by atoms with Gasteiger partial charge in [0.2, 0.25) is 0 Å². The average Bonchev–Trinajstić information content (AvgIpc) is 2.00. The van der Waals surface area contributed by atoms with E-state index in [0.717, 1.165) is 0 Å². The van der Waals surface area contributed by atoms with Crippen molar-refractivity contribution in [2.24, 2.45) is 5.41 Å². The quantitative estimate of drug-likeness (QED) is 0.542. The Labute approximate surface area is 60.9 Å². The third-order valence-corrected chi connectivity index (χ3v) is 1.31. The molecule has 0 amide bonds. The van der Waals surface area contributed by atoms with Crippen LogP contribution in [0.5, 0.6) is 0 Å². The van der Waals surface area contributed by atoms with Crippen molar-refractivity contribution in [2.75, 3.05) is 19.8 Å². The lowest BCUT2D eigenvalue weighted by atomic mass is 9.95. The zero-order valence-corrected chi connectivity index (χ0v) is 6.21. The molecule has 0 radical (unpaired) electrons. The van der Waals surface area contributed by atoms with Crippen LogP contribution in [-0.2, 0) is 4.74 Å². The van der Waals surface area contributed by atoms with Gasteiger partial charge in [-0.1, -0.05) is 13.5 Å². The van der Waals surface area contributed by atoms with E-state index in [4.69, 9.17) is 14.9 Å². The van der Waals surface area contributed by atoms with Gasteiger partial charge in [-0.2, -0.15) is 0 Å². The van der Waals surface area contributed by atoms with Crippen molar-refractivity contribution in [3.63, 3.8) is 0 Å². The fraction of sp³-hybridized carbons (Fsp3) is 0.714. The number of ether oxygens (including phenoxy) is 1. The molecule has 3 heteroatoms. The SMILES string of the molecule is C=COCC(C)(CO)CO. The number of aliphatic hydroxyl groups excluding tert-OH is 2. The van der Waals surface area contributed by atoms with Gasteiger partial charge in [-0.05, 0) is 0 Å². The van der Waals surface area contributed by atoms with E-state index in [0.29, 0.717) is 6.61 Å². The Morgan fingerprint density at radius 2 is 2.00 bits per heavy atom. The largest absolute Gasteiger partial charge is 0.501 e. The Kier molecular flexibility index (Phi) is 4.07. The van der Waals surface area contributed by atoms with E-state index < -0.39 is 5.41 Å². The highest BCUT2D eigenvalue weighted by atomic mass is 16.5. The van der Waals surface area contributed by atoms with E-state index >= 15 is 0 Å². The molecule has 0 saturated heterocycles. The van der Waals surface area contributed by atoms with E-state index in [2.05, 4.69) is 6.58 Å². The minimum Gasteiger partial charge on any atom is -0.501 e. The van der Waals surface area contributed by atoms with Gasteiger partial charge in [0.25, 0.3) is 0 Å². The summed E-state index contributed by atoms with van der Waals surface area (Å²) in [6, 6.07) is 0. The highest BCUT2D eigenvalue weighted by molar-refractivity contribution is 4.72. The number of hydrogen-bond donors (Lipinski definition) is 2. The van der Waals surface area contributed by atoms with Crippen LogP contribution in [0.15, 0.2) is 12.8 Å². The maximum absolute atomic E-state index is 8.74. The third-order valence-electron chi connectivity index (χ3n) is 1.31. The second-order valence-electron chi connectivity index (χ2n) is 2.60. The van der Waals surface area contributed by atoms with Crippen molar-refractivity contribution in [3.05, 3.63) is 12.8 Å². The van der Waals surface area contributed by atoms with E-state index in [1.54, 1.807) is 6.92 Å². The van der Waals surface area contributed by atoms with Crippen molar-refractivity contribution in [3.8, 4) is 0 Å². The molecule has 0 aromatic carbocycles. The van der Waals surface area contributed by atoms with Crippen LogP contribution in [0.4, 0.5) is 0 Å². The van der Waals surface area contributed by atoms with Gasteiger partial charge >= 0.3 is 0 Å². The summed E-state index contributed by atoms with van der Waals surface area (Å²) in [5.74, 6) is 0. The Hall–Kier alpha value is -0.540. The molecule has 0 rings (SSSR count). The van der Waals surface area contributed by atoms with Gasteiger partial charge in [-0.3, -0.25) is 0 Å². The fourth-order valence-electron chi connectivity index (χ4n) is 0.401. The first kappa shape index (κ1) is 9.46. The van der Waals surface area contributed by atoms with Gasteiger partial charge in [0.15, 0.2) is 0 Å². The van der Waals surface area contributed by atoms with Crippen LogP contribution >= 0.6 is 0 Å². The summed E-state index contributed by atoms with van der Waals surface area (Å²) in [7, 11) is 0. The summed E-state index contributed by atoms with van der Waals surface area (Å²) in [4.78, 5) is 0. The predicted molar refractivity (Wildman–Crippen MR) is 38.4 cm³/mol. The molecular formula is C7H14O3. The summed E-state index contributed by atoms with van der Waals surface area (Å²) in [6.45, 7) is 5.20.